The van der Waals surface area contributed by atoms with Crippen LogP contribution in [0.1, 0.15) is 11.1 Å². The normalized spacial score (nSPS) is 19.4. The first kappa shape index (κ1) is 18.0. The van der Waals surface area contributed by atoms with Crippen LogP contribution in [0, 0.1) is 17.7 Å². The van der Waals surface area contributed by atoms with Gasteiger partial charge in [-0.2, -0.15) is 0 Å². The number of nitrogens with zero attached hydrogens (tertiary/aromatic N) is 4. The van der Waals surface area contributed by atoms with Crippen LogP contribution in [0.2, 0.25) is 0 Å². The molecule has 2 unspecified atom stereocenters. The largest absolute Gasteiger partial charge is 0.364 e. The Balaban J connectivity index is 1.56. The van der Waals surface area contributed by atoms with E-state index in [0.29, 0.717) is 18.7 Å². The Morgan fingerprint density at radius 3 is 2.81 bits per heavy atom. The molecule has 1 aliphatic rings. The SMILES string of the molecule is [N-]=[N+]=NC1CN(Cc2ccccc2)CC1OCC#Cc1cccc(F)c1. The molecule has 0 N–H and O–H groups in total. The van der Waals surface area contributed by atoms with Crippen molar-refractivity contribution in [1.29, 1.82) is 0 Å². The molecule has 0 aromatic heterocycles. The highest BCUT2D eigenvalue weighted by Gasteiger charge is 2.32. The zero-order valence-corrected chi connectivity index (χ0v) is 14.3. The Bertz CT molecular complexity index is 840. The molecule has 1 fully saturated rings. The summed E-state index contributed by atoms with van der Waals surface area (Å²) >= 11 is 0. The predicted molar refractivity (Wildman–Crippen MR) is 97.7 cm³/mol. The molecule has 0 aliphatic carbocycles. The number of rotatable bonds is 5. The average molecular weight is 350 g/mol. The van der Waals surface area contributed by atoms with Crippen molar-refractivity contribution in [3.05, 3.63) is 82.0 Å². The van der Waals surface area contributed by atoms with E-state index in [1.165, 1.54) is 17.7 Å². The van der Waals surface area contributed by atoms with Gasteiger partial charge in [-0.1, -0.05) is 53.4 Å². The van der Waals surface area contributed by atoms with Crippen LogP contribution >= 0.6 is 0 Å². The molecule has 0 radical (unpaired) electrons. The Labute approximate surface area is 152 Å². The Kier molecular flexibility index (Phi) is 6.24. The third-order valence-electron chi connectivity index (χ3n) is 4.19. The maximum Gasteiger partial charge on any atom is 0.124 e. The number of ether oxygens (including phenoxy) is 1. The van der Waals surface area contributed by atoms with Crippen molar-refractivity contribution in [3.63, 3.8) is 0 Å². The van der Waals surface area contributed by atoms with Crippen molar-refractivity contribution in [1.82, 2.24) is 4.90 Å². The molecule has 0 bridgehead atoms. The second kappa shape index (κ2) is 9.02. The van der Waals surface area contributed by atoms with E-state index >= 15 is 0 Å². The molecular formula is C20H19FN4O. The molecule has 132 valence electrons. The molecule has 6 heteroatoms. The van der Waals surface area contributed by atoms with Crippen LogP contribution in [0.15, 0.2) is 59.7 Å². The fourth-order valence-corrected chi connectivity index (χ4v) is 3.00. The number of hydrogen-bond donors (Lipinski definition) is 0. The second-order valence-corrected chi connectivity index (χ2v) is 6.11. The van der Waals surface area contributed by atoms with Crippen molar-refractivity contribution >= 4 is 0 Å². The van der Waals surface area contributed by atoms with E-state index in [-0.39, 0.29) is 24.6 Å². The van der Waals surface area contributed by atoms with Crippen LogP contribution in [0.4, 0.5) is 4.39 Å². The van der Waals surface area contributed by atoms with E-state index in [1.807, 2.05) is 18.2 Å². The summed E-state index contributed by atoms with van der Waals surface area (Å²) in [5.74, 6) is 5.45. The fraction of sp³-hybridized carbons (Fsp3) is 0.300. The Morgan fingerprint density at radius 2 is 2.04 bits per heavy atom. The van der Waals surface area contributed by atoms with Crippen LogP contribution in [0.25, 0.3) is 10.4 Å². The number of hydrogen-bond acceptors (Lipinski definition) is 3. The highest BCUT2D eigenvalue weighted by Crippen LogP contribution is 2.19. The first-order valence-corrected chi connectivity index (χ1v) is 8.41. The van der Waals surface area contributed by atoms with E-state index in [2.05, 4.69) is 38.9 Å². The Hall–Kier alpha value is -2.84. The molecule has 0 spiro atoms. The average Bonchev–Trinajstić information content (AvgIpc) is 3.01. The maximum absolute atomic E-state index is 13.1. The summed E-state index contributed by atoms with van der Waals surface area (Å²) in [5.41, 5.74) is 10.6. The van der Waals surface area contributed by atoms with Gasteiger partial charge in [0.1, 0.15) is 12.4 Å². The minimum Gasteiger partial charge on any atom is -0.364 e. The lowest BCUT2D eigenvalue weighted by Gasteiger charge is -2.15. The van der Waals surface area contributed by atoms with E-state index in [9.17, 15) is 4.39 Å². The molecule has 2 aromatic carbocycles. The van der Waals surface area contributed by atoms with Gasteiger partial charge in [-0.3, -0.25) is 4.90 Å². The highest BCUT2D eigenvalue weighted by atomic mass is 19.1. The van der Waals surface area contributed by atoms with Crippen molar-refractivity contribution < 1.29 is 9.13 Å². The summed E-state index contributed by atoms with van der Waals surface area (Å²) in [5, 5.41) is 3.86. The summed E-state index contributed by atoms with van der Waals surface area (Å²) < 4.78 is 18.9. The molecule has 1 aliphatic heterocycles. The summed E-state index contributed by atoms with van der Waals surface area (Å²) in [7, 11) is 0. The van der Waals surface area contributed by atoms with Gasteiger partial charge in [0.2, 0.25) is 0 Å². The van der Waals surface area contributed by atoms with Crippen LogP contribution < -0.4 is 0 Å². The third kappa shape index (κ3) is 5.08. The quantitative estimate of drug-likeness (QED) is 0.357. The van der Waals surface area contributed by atoms with Crippen LogP contribution in [-0.2, 0) is 11.3 Å². The summed E-state index contributed by atoms with van der Waals surface area (Å²) in [6.45, 7) is 2.33. The third-order valence-corrected chi connectivity index (χ3v) is 4.19. The van der Waals surface area contributed by atoms with Crippen molar-refractivity contribution in [2.75, 3.05) is 19.7 Å². The van der Waals surface area contributed by atoms with Gasteiger partial charge in [-0.15, -0.1) is 0 Å². The van der Waals surface area contributed by atoms with E-state index in [4.69, 9.17) is 10.3 Å². The van der Waals surface area contributed by atoms with Crippen molar-refractivity contribution in [2.24, 2.45) is 5.11 Å². The minimum absolute atomic E-state index is 0.198. The maximum atomic E-state index is 13.1. The van der Waals surface area contributed by atoms with Gasteiger partial charge in [-0.25, -0.2) is 4.39 Å². The molecule has 0 saturated carbocycles. The van der Waals surface area contributed by atoms with E-state index < -0.39 is 0 Å². The Morgan fingerprint density at radius 1 is 1.19 bits per heavy atom. The van der Waals surface area contributed by atoms with Crippen LogP contribution in [0.5, 0.6) is 0 Å². The molecule has 5 nitrogen and oxygen atoms in total. The summed E-state index contributed by atoms with van der Waals surface area (Å²) in [4.78, 5) is 5.14. The zero-order chi connectivity index (χ0) is 18.2. The predicted octanol–water partition coefficient (Wildman–Crippen LogP) is 3.76. The second-order valence-electron chi connectivity index (χ2n) is 6.11. The summed E-state index contributed by atoms with van der Waals surface area (Å²) in [6.07, 6.45) is -0.198. The minimum atomic E-state index is -0.312. The molecule has 2 atom stereocenters. The standard InChI is InChI=1S/C20H19FN4O/c21-18-10-4-8-16(12-18)9-5-11-26-20-15-25(14-19(20)23-24-22)13-17-6-2-1-3-7-17/h1-4,6-8,10,12,19-20H,11,13-15H2. The van der Waals surface area contributed by atoms with Gasteiger partial charge in [0.05, 0.1) is 12.1 Å². The van der Waals surface area contributed by atoms with Crippen LogP contribution in [-0.4, -0.2) is 36.7 Å². The highest BCUT2D eigenvalue weighted by molar-refractivity contribution is 5.34. The lowest BCUT2D eigenvalue weighted by molar-refractivity contribution is 0.0742. The van der Waals surface area contributed by atoms with Gasteiger partial charge in [0.25, 0.3) is 0 Å². The molecular weight excluding hydrogens is 331 g/mol. The van der Waals surface area contributed by atoms with Gasteiger partial charge < -0.3 is 4.74 Å². The van der Waals surface area contributed by atoms with Crippen molar-refractivity contribution in [3.8, 4) is 11.8 Å². The molecule has 1 saturated heterocycles. The smallest absolute Gasteiger partial charge is 0.124 e. The number of benzene rings is 2. The number of likely N-dealkylation sites (tertiary alicyclic amines) is 1. The van der Waals surface area contributed by atoms with Crippen LogP contribution in [0.3, 0.4) is 0 Å². The first-order valence-electron chi connectivity index (χ1n) is 8.41. The van der Waals surface area contributed by atoms with Gasteiger partial charge in [0.15, 0.2) is 0 Å². The topological polar surface area (TPSA) is 61.2 Å². The molecule has 2 aromatic rings. The fourth-order valence-electron chi connectivity index (χ4n) is 3.00. The monoisotopic (exact) mass is 350 g/mol. The number of azide groups is 1. The first-order chi connectivity index (χ1) is 12.7. The van der Waals surface area contributed by atoms with E-state index in [1.54, 1.807) is 12.1 Å². The number of halogens is 1. The molecule has 26 heavy (non-hydrogen) atoms. The summed E-state index contributed by atoms with van der Waals surface area (Å²) in [6, 6.07) is 16.0. The lowest BCUT2D eigenvalue weighted by Crippen LogP contribution is -2.25. The zero-order valence-electron chi connectivity index (χ0n) is 14.3. The molecule has 0 amide bonds. The molecule has 3 rings (SSSR count). The van der Waals surface area contributed by atoms with Gasteiger partial charge in [-0.05, 0) is 29.3 Å². The van der Waals surface area contributed by atoms with Gasteiger partial charge >= 0.3 is 0 Å². The van der Waals surface area contributed by atoms with Gasteiger partial charge in [0, 0.05) is 30.1 Å². The van der Waals surface area contributed by atoms with Crippen molar-refractivity contribution in [2.45, 2.75) is 18.7 Å². The van der Waals surface area contributed by atoms with E-state index in [0.717, 1.165) is 6.54 Å². The lowest BCUT2D eigenvalue weighted by atomic mass is 10.2. The molecule has 1 heterocycles.